The molecule has 3 atom stereocenters. The summed E-state index contributed by atoms with van der Waals surface area (Å²) in [6, 6.07) is 6.62. The van der Waals surface area contributed by atoms with Crippen LogP contribution in [0.15, 0.2) is 18.2 Å². The van der Waals surface area contributed by atoms with E-state index in [1.165, 1.54) is 49.7 Å². The summed E-state index contributed by atoms with van der Waals surface area (Å²) in [5.74, 6) is 3.16. The Labute approximate surface area is 135 Å². The molecular weight excluding hydrogens is 272 g/mol. The Morgan fingerprint density at radius 3 is 2.64 bits per heavy atom. The van der Waals surface area contributed by atoms with Crippen LogP contribution in [0.4, 0.5) is 0 Å². The van der Waals surface area contributed by atoms with Gasteiger partial charge >= 0.3 is 0 Å². The van der Waals surface area contributed by atoms with Gasteiger partial charge in [0.25, 0.3) is 0 Å². The summed E-state index contributed by atoms with van der Waals surface area (Å²) in [6.07, 6.45) is 8.92. The number of ether oxygens (including phenoxy) is 2. The van der Waals surface area contributed by atoms with Crippen LogP contribution < -0.4 is 4.74 Å². The number of methoxy groups -OCH3 is 1. The maximum absolute atomic E-state index is 6.14. The van der Waals surface area contributed by atoms with Crippen molar-refractivity contribution in [2.75, 3.05) is 7.11 Å². The third kappa shape index (κ3) is 3.48. The fraction of sp³-hybridized carbons (Fsp3) is 0.700. The van der Waals surface area contributed by atoms with E-state index in [1.807, 2.05) is 0 Å². The van der Waals surface area contributed by atoms with Crippen LogP contribution in [-0.4, -0.2) is 13.4 Å². The van der Waals surface area contributed by atoms with E-state index in [0.717, 1.165) is 24.0 Å². The predicted octanol–water partition coefficient (Wildman–Crippen LogP) is 5.30. The first-order valence-electron chi connectivity index (χ1n) is 8.99. The van der Waals surface area contributed by atoms with Crippen molar-refractivity contribution in [1.82, 2.24) is 0 Å². The van der Waals surface area contributed by atoms with Crippen molar-refractivity contribution in [2.24, 2.45) is 11.8 Å². The van der Waals surface area contributed by atoms with Gasteiger partial charge in [-0.2, -0.15) is 0 Å². The standard InChI is InChI=1S/C20H30O2/c1-14-11-17-13-18(9-10-19(17)15(14)2)22-20(21-3)12-16-7-5-4-6-8-16/h9-10,13-16,20H,4-8,11-12H2,1-3H3. The summed E-state index contributed by atoms with van der Waals surface area (Å²) < 4.78 is 11.7. The Morgan fingerprint density at radius 2 is 1.91 bits per heavy atom. The van der Waals surface area contributed by atoms with Crippen molar-refractivity contribution in [2.45, 2.75) is 71.0 Å². The largest absolute Gasteiger partial charge is 0.465 e. The van der Waals surface area contributed by atoms with Crippen LogP contribution >= 0.6 is 0 Å². The minimum Gasteiger partial charge on any atom is -0.465 e. The molecule has 0 spiro atoms. The number of benzene rings is 1. The number of hydrogen-bond donors (Lipinski definition) is 0. The molecule has 2 aliphatic rings. The first kappa shape index (κ1) is 15.9. The van der Waals surface area contributed by atoms with Crippen LogP contribution in [0.25, 0.3) is 0 Å². The summed E-state index contributed by atoms with van der Waals surface area (Å²) in [6.45, 7) is 4.67. The van der Waals surface area contributed by atoms with E-state index in [-0.39, 0.29) is 6.29 Å². The molecule has 122 valence electrons. The van der Waals surface area contributed by atoms with E-state index in [1.54, 1.807) is 7.11 Å². The summed E-state index contributed by atoms with van der Waals surface area (Å²) in [7, 11) is 1.77. The van der Waals surface area contributed by atoms with E-state index < -0.39 is 0 Å². The van der Waals surface area contributed by atoms with E-state index in [9.17, 15) is 0 Å². The molecule has 0 N–H and O–H groups in total. The monoisotopic (exact) mass is 302 g/mol. The third-order valence-corrected chi connectivity index (χ3v) is 5.78. The normalized spacial score (nSPS) is 26.7. The molecule has 1 aromatic rings. The Morgan fingerprint density at radius 1 is 1.14 bits per heavy atom. The lowest BCUT2D eigenvalue weighted by Gasteiger charge is -2.26. The molecule has 1 saturated carbocycles. The molecule has 1 aromatic carbocycles. The Balaban J connectivity index is 1.63. The molecule has 3 rings (SSSR count). The van der Waals surface area contributed by atoms with Gasteiger partial charge in [0.1, 0.15) is 5.75 Å². The van der Waals surface area contributed by atoms with E-state index in [0.29, 0.717) is 5.92 Å². The maximum Gasteiger partial charge on any atom is 0.199 e. The SMILES string of the molecule is COC(CC1CCCCC1)Oc1ccc2c(c1)CC(C)C2C. The summed E-state index contributed by atoms with van der Waals surface area (Å²) in [5.41, 5.74) is 2.96. The van der Waals surface area contributed by atoms with Crippen molar-refractivity contribution in [1.29, 1.82) is 0 Å². The highest BCUT2D eigenvalue weighted by Crippen LogP contribution is 2.39. The van der Waals surface area contributed by atoms with Crippen LogP contribution in [0.5, 0.6) is 5.75 Å². The average Bonchev–Trinajstić information content (AvgIpc) is 2.82. The van der Waals surface area contributed by atoms with E-state index in [4.69, 9.17) is 9.47 Å². The van der Waals surface area contributed by atoms with E-state index in [2.05, 4.69) is 32.0 Å². The highest BCUT2D eigenvalue weighted by atomic mass is 16.7. The van der Waals surface area contributed by atoms with Crippen LogP contribution in [-0.2, 0) is 11.2 Å². The van der Waals surface area contributed by atoms with Crippen LogP contribution in [0, 0.1) is 11.8 Å². The van der Waals surface area contributed by atoms with Gasteiger partial charge in [-0.25, -0.2) is 0 Å². The lowest BCUT2D eigenvalue weighted by molar-refractivity contribution is -0.0702. The topological polar surface area (TPSA) is 18.5 Å². The summed E-state index contributed by atoms with van der Waals surface area (Å²) in [4.78, 5) is 0. The molecule has 0 bridgehead atoms. The Kier molecular flexibility index (Phi) is 5.07. The first-order valence-corrected chi connectivity index (χ1v) is 8.99. The van der Waals surface area contributed by atoms with Gasteiger partial charge in [0.15, 0.2) is 6.29 Å². The average molecular weight is 302 g/mol. The first-order chi connectivity index (χ1) is 10.7. The van der Waals surface area contributed by atoms with Crippen molar-refractivity contribution < 1.29 is 9.47 Å². The molecule has 0 amide bonds. The quantitative estimate of drug-likeness (QED) is 0.687. The second-order valence-corrected chi connectivity index (χ2v) is 7.35. The summed E-state index contributed by atoms with van der Waals surface area (Å²) in [5, 5.41) is 0. The zero-order valence-corrected chi connectivity index (χ0v) is 14.3. The van der Waals surface area contributed by atoms with Gasteiger partial charge in [-0.05, 0) is 47.4 Å². The van der Waals surface area contributed by atoms with Crippen molar-refractivity contribution in [3.63, 3.8) is 0 Å². The number of rotatable bonds is 5. The number of hydrogen-bond acceptors (Lipinski definition) is 2. The van der Waals surface area contributed by atoms with Crippen LogP contribution in [0.3, 0.4) is 0 Å². The van der Waals surface area contributed by atoms with Gasteiger partial charge < -0.3 is 9.47 Å². The molecule has 22 heavy (non-hydrogen) atoms. The summed E-state index contributed by atoms with van der Waals surface area (Å²) >= 11 is 0. The fourth-order valence-electron chi connectivity index (χ4n) is 4.15. The van der Waals surface area contributed by atoms with Crippen LogP contribution in [0.1, 0.15) is 69.4 Å². The molecule has 0 heterocycles. The van der Waals surface area contributed by atoms with Gasteiger partial charge in [-0.1, -0.05) is 52.0 Å². The lowest BCUT2D eigenvalue weighted by atomic mass is 9.87. The zero-order chi connectivity index (χ0) is 15.5. The lowest BCUT2D eigenvalue weighted by Crippen LogP contribution is -2.24. The molecule has 2 heteroatoms. The highest BCUT2D eigenvalue weighted by molar-refractivity contribution is 5.41. The Bertz CT molecular complexity index is 490. The molecule has 2 aliphatic carbocycles. The molecule has 1 fully saturated rings. The van der Waals surface area contributed by atoms with Crippen molar-refractivity contribution >= 4 is 0 Å². The third-order valence-electron chi connectivity index (χ3n) is 5.78. The minimum absolute atomic E-state index is 0.0996. The molecule has 2 nitrogen and oxygen atoms in total. The fourth-order valence-corrected chi connectivity index (χ4v) is 4.15. The maximum atomic E-state index is 6.14. The van der Waals surface area contributed by atoms with Crippen molar-refractivity contribution in [3.05, 3.63) is 29.3 Å². The minimum atomic E-state index is -0.0996. The zero-order valence-electron chi connectivity index (χ0n) is 14.3. The van der Waals surface area contributed by atoms with Gasteiger partial charge in [-0.15, -0.1) is 0 Å². The van der Waals surface area contributed by atoms with Gasteiger partial charge in [0, 0.05) is 13.5 Å². The molecule has 0 saturated heterocycles. The van der Waals surface area contributed by atoms with Gasteiger partial charge in [-0.3, -0.25) is 0 Å². The Hall–Kier alpha value is -1.02. The molecular formula is C20H30O2. The second kappa shape index (κ2) is 7.04. The second-order valence-electron chi connectivity index (χ2n) is 7.35. The molecule has 3 unspecified atom stereocenters. The molecule has 0 aliphatic heterocycles. The predicted molar refractivity (Wildman–Crippen MR) is 90.3 cm³/mol. The molecule has 0 aromatic heterocycles. The van der Waals surface area contributed by atoms with Crippen molar-refractivity contribution in [3.8, 4) is 5.75 Å². The number of fused-ring (bicyclic) bond motifs is 1. The van der Waals surface area contributed by atoms with Gasteiger partial charge in [0.2, 0.25) is 0 Å². The van der Waals surface area contributed by atoms with Crippen LogP contribution in [0.2, 0.25) is 0 Å². The highest BCUT2D eigenvalue weighted by Gasteiger charge is 2.26. The molecule has 0 radical (unpaired) electrons. The van der Waals surface area contributed by atoms with Gasteiger partial charge in [0.05, 0.1) is 0 Å². The van der Waals surface area contributed by atoms with E-state index >= 15 is 0 Å². The smallest absolute Gasteiger partial charge is 0.199 e.